The van der Waals surface area contributed by atoms with Crippen molar-refractivity contribution in [2.75, 3.05) is 6.54 Å². The first-order chi connectivity index (χ1) is 13.8. The van der Waals surface area contributed by atoms with E-state index >= 15 is 0 Å². The van der Waals surface area contributed by atoms with Crippen molar-refractivity contribution >= 4 is 28.4 Å². The van der Waals surface area contributed by atoms with Gasteiger partial charge in [0.25, 0.3) is 0 Å². The second-order valence-corrected chi connectivity index (χ2v) is 9.51. The molecular weight excluding hydrogens is 382 g/mol. The normalized spacial score (nSPS) is 19.2. The predicted molar refractivity (Wildman–Crippen MR) is 119 cm³/mol. The minimum atomic E-state index is -0.276. The van der Waals surface area contributed by atoms with Gasteiger partial charge in [0.05, 0.1) is 12.1 Å². The van der Waals surface area contributed by atoms with Gasteiger partial charge in [-0.3, -0.25) is 10.1 Å². The molecule has 1 amide bonds. The van der Waals surface area contributed by atoms with Crippen molar-refractivity contribution in [3.8, 4) is 0 Å². The molecule has 2 atom stereocenters. The maximum Gasteiger partial charge on any atom is 0.237 e. The molecule has 2 aromatic carbocycles. The molecule has 0 bridgehead atoms. The first kappa shape index (κ1) is 20.0. The molecule has 29 heavy (non-hydrogen) atoms. The number of hydrogen-bond donors (Lipinski definition) is 3. The maximum absolute atomic E-state index is 13.0. The SMILES string of the molecule is CC(C)(C)CCNC(=O)C1Cc2c([nH]c3ccccc23)C(c2ccc(Cl)cc2)N1. The number of carbonyl (C=O) groups excluding carboxylic acids is 1. The maximum atomic E-state index is 13.0. The van der Waals surface area contributed by atoms with E-state index < -0.39 is 0 Å². The van der Waals surface area contributed by atoms with Crippen LogP contribution in [-0.2, 0) is 11.2 Å². The summed E-state index contributed by atoms with van der Waals surface area (Å²) in [7, 11) is 0. The first-order valence-corrected chi connectivity index (χ1v) is 10.6. The van der Waals surface area contributed by atoms with Crippen LogP contribution >= 0.6 is 11.6 Å². The molecule has 3 N–H and O–H groups in total. The Morgan fingerprint density at radius 3 is 2.59 bits per heavy atom. The minimum absolute atomic E-state index is 0.0594. The summed E-state index contributed by atoms with van der Waals surface area (Å²) in [5.74, 6) is 0.0594. The molecule has 152 valence electrons. The number of benzene rings is 2. The number of amides is 1. The van der Waals surface area contributed by atoms with E-state index in [-0.39, 0.29) is 23.4 Å². The summed E-state index contributed by atoms with van der Waals surface area (Å²) in [6.45, 7) is 7.25. The highest BCUT2D eigenvalue weighted by Gasteiger charge is 2.33. The topological polar surface area (TPSA) is 56.9 Å². The second kappa shape index (κ2) is 7.85. The highest BCUT2D eigenvalue weighted by Crippen LogP contribution is 2.35. The van der Waals surface area contributed by atoms with E-state index in [0.717, 1.165) is 23.2 Å². The number of hydrogen-bond acceptors (Lipinski definition) is 2. The van der Waals surface area contributed by atoms with Crippen molar-refractivity contribution < 1.29 is 4.79 Å². The highest BCUT2D eigenvalue weighted by molar-refractivity contribution is 6.30. The van der Waals surface area contributed by atoms with E-state index in [1.54, 1.807) is 0 Å². The molecule has 2 heterocycles. The Bertz CT molecular complexity index is 1020. The summed E-state index contributed by atoms with van der Waals surface area (Å²) >= 11 is 6.10. The largest absolute Gasteiger partial charge is 0.357 e. The van der Waals surface area contributed by atoms with Crippen LogP contribution in [0.1, 0.15) is 50.1 Å². The molecular formula is C24H28ClN3O. The number of rotatable bonds is 4. The number of aromatic amines is 1. The number of para-hydroxylation sites is 1. The zero-order chi connectivity index (χ0) is 20.6. The van der Waals surface area contributed by atoms with Crippen LogP contribution < -0.4 is 10.6 Å². The summed E-state index contributed by atoms with van der Waals surface area (Å²) in [5.41, 5.74) is 4.74. The van der Waals surface area contributed by atoms with E-state index in [2.05, 4.69) is 48.5 Å². The van der Waals surface area contributed by atoms with Gasteiger partial charge >= 0.3 is 0 Å². The third kappa shape index (κ3) is 4.34. The summed E-state index contributed by atoms with van der Waals surface area (Å²) in [4.78, 5) is 16.6. The van der Waals surface area contributed by atoms with Crippen LogP contribution in [0, 0.1) is 5.41 Å². The molecule has 2 unspecified atom stereocenters. The van der Waals surface area contributed by atoms with E-state index in [1.165, 1.54) is 10.9 Å². The first-order valence-electron chi connectivity index (χ1n) is 10.2. The molecule has 1 aliphatic rings. The van der Waals surface area contributed by atoms with Gasteiger partial charge in [-0.05, 0) is 47.6 Å². The van der Waals surface area contributed by atoms with E-state index in [0.29, 0.717) is 18.0 Å². The number of fused-ring (bicyclic) bond motifs is 3. The number of H-pyrrole nitrogens is 1. The number of nitrogens with one attached hydrogen (secondary N) is 3. The molecule has 0 saturated carbocycles. The average Bonchev–Trinajstić information content (AvgIpc) is 3.05. The Hall–Kier alpha value is -2.30. The zero-order valence-electron chi connectivity index (χ0n) is 17.2. The smallest absolute Gasteiger partial charge is 0.237 e. The van der Waals surface area contributed by atoms with Gasteiger partial charge in [-0.1, -0.05) is 62.7 Å². The van der Waals surface area contributed by atoms with Crippen molar-refractivity contribution in [1.29, 1.82) is 0 Å². The van der Waals surface area contributed by atoms with Crippen molar-refractivity contribution in [3.63, 3.8) is 0 Å². The van der Waals surface area contributed by atoms with Crippen LogP contribution in [0.5, 0.6) is 0 Å². The lowest BCUT2D eigenvalue weighted by Crippen LogP contribution is -2.50. The quantitative estimate of drug-likeness (QED) is 0.569. The van der Waals surface area contributed by atoms with Crippen LogP contribution in [0.3, 0.4) is 0 Å². The van der Waals surface area contributed by atoms with Crippen molar-refractivity contribution in [1.82, 2.24) is 15.6 Å². The van der Waals surface area contributed by atoms with Crippen LogP contribution in [-0.4, -0.2) is 23.5 Å². The lowest BCUT2D eigenvalue weighted by atomic mass is 9.89. The fourth-order valence-electron chi connectivity index (χ4n) is 4.01. The Kier molecular flexibility index (Phi) is 5.41. The van der Waals surface area contributed by atoms with Gasteiger partial charge in [0.15, 0.2) is 0 Å². The molecule has 4 nitrogen and oxygen atoms in total. The van der Waals surface area contributed by atoms with Gasteiger partial charge in [-0.25, -0.2) is 0 Å². The highest BCUT2D eigenvalue weighted by atomic mass is 35.5. The molecule has 1 aliphatic heterocycles. The Morgan fingerprint density at radius 2 is 1.86 bits per heavy atom. The molecule has 5 heteroatoms. The molecule has 0 spiro atoms. The zero-order valence-corrected chi connectivity index (χ0v) is 17.9. The van der Waals surface area contributed by atoms with E-state index in [1.807, 2.05) is 36.4 Å². The number of halogens is 1. The van der Waals surface area contributed by atoms with E-state index in [9.17, 15) is 4.79 Å². The molecule has 0 aliphatic carbocycles. The van der Waals surface area contributed by atoms with Crippen LogP contribution in [0.15, 0.2) is 48.5 Å². The monoisotopic (exact) mass is 409 g/mol. The Morgan fingerprint density at radius 1 is 1.14 bits per heavy atom. The summed E-state index contributed by atoms with van der Waals surface area (Å²) in [6.07, 6.45) is 1.62. The third-order valence-electron chi connectivity index (χ3n) is 5.61. The van der Waals surface area contributed by atoms with Gasteiger partial charge in [0.1, 0.15) is 0 Å². The minimum Gasteiger partial charge on any atom is -0.357 e. The van der Waals surface area contributed by atoms with Gasteiger partial charge in [0.2, 0.25) is 5.91 Å². The molecule has 3 aromatic rings. The summed E-state index contributed by atoms with van der Waals surface area (Å²) in [6, 6.07) is 15.8. The van der Waals surface area contributed by atoms with Crippen LogP contribution in [0.2, 0.25) is 5.02 Å². The lowest BCUT2D eigenvalue weighted by Gasteiger charge is -2.31. The summed E-state index contributed by atoms with van der Waals surface area (Å²) in [5, 5.41) is 8.59. The van der Waals surface area contributed by atoms with Gasteiger partial charge in [0, 0.05) is 28.2 Å². The summed E-state index contributed by atoms with van der Waals surface area (Å²) < 4.78 is 0. The molecule has 4 rings (SSSR count). The lowest BCUT2D eigenvalue weighted by molar-refractivity contribution is -0.123. The van der Waals surface area contributed by atoms with Gasteiger partial charge < -0.3 is 10.3 Å². The second-order valence-electron chi connectivity index (χ2n) is 9.07. The molecule has 0 fully saturated rings. The molecule has 1 aromatic heterocycles. The Balaban J connectivity index is 1.65. The van der Waals surface area contributed by atoms with Crippen molar-refractivity contribution in [3.05, 3.63) is 70.4 Å². The molecule has 0 radical (unpaired) electrons. The predicted octanol–water partition coefficient (Wildman–Crippen LogP) is 4.98. The van der Waals surface area contributed by atoms with Crippen molar-refractivity contribution in [2.45, 2.75) is 45.7 Å². The van der Waals surface area contributed by atoms with Crippen LogP contribution in [0.4, 0.5) is 0 Å². The fraction of sp³-hybridized carbons (Fsp3) is 0.375. The Labute approximate surface area is 177 Å². The van der Waals surface area contributed by atoms with E-state index in [4.69, 9.17) is 11.6 Å². The third-order valence-corrected chi connectivity index (χ3v) is 5.86. The van der Waals surface area contributed by atoms with Crippen LogP contribution in [0.25, 0.3) is 10.9 Å². The molecule has 0 saturated heterocycles. The van der Waals surface area contributed by atoms with Crippen molar-refractivity contribution in [2.24, 2.45) is 5.41 Å². The standard InChI is InChI=1S/C24H28ClN3O/c1-24(2,3)12-13-26-23(29)20-14-18-17-6-4-5-7-19(17)27-22(18)21(28-20)15-8-10-16(25)11-9-15/h4-11,20-21,27-28H,12-14H2,1-3H3,(H,26,29). The average molecular weight is 410 g/mol. The van der Waals surface area contributed by atoms with Gasteiger partial charge in [-0.2, -0.15) is 0 Å². The van der Waals surface area contributed by atoms with Gasteiger partial charge in [-0.15, -0.1) is 0 Å². The number of aromatic nitrogens is 1. The number of carbonyl (C=O) groups is 1. The fourth-order valence-corrected chi connectivity index (χ4v) is 4.13.